The van der Waals surface area contributed by atoms with Crippen LogP contribution in [0.1, 0.15) is 126 Å². The van der Waals surface area contributed by atoms with Crippen LogP contribution < -0.4 is 10.6 Å². The molecule has 0 saturated carbocycles. The van der Waals surface area contributed by atoms with E-state index in [9.17, 15) is 43.2 Å². The summed E-state index contributed by atoms with van der Waals surface area (Å²) in [7, 11) is 4.30. The van der Waals surface area contributed by atoms with Gasteiger partial charge in [-0.05, 0) is 89.5 Å². The van der Waals surface area contributed by atoms with Crippen LogP contribution in [0.5, 0.6) is 0 Å². The van der Waals surface area contributed by atoms with Crippen LogP contribution in [0.15, 0.2) is 30.3 Å². The maximum atomic E-state index is 14.8. The van der Waals surface area contributed by atoms with Crippen molar-refractivity contribution in [1.29, 1.82) is 0 Å². The third kappa shape index (κ3) is 13.5. The molecule has 398 valence electrons. The molecule has 3 heterocycles. The van der Waals surface area contributed by atoms with Crippen molar-refractivity contribution in [3.05, 3.63) is 35.9 Å². The second-order valence-electron chi connectivity index (χ2n) is 21.2. The molecule has 3 aliphatic heterocycles. The van der Waals surface area contributed by atoms with Gasteiger partial charge in [0.05, 0.1) is 5.41 Å². The van der Waals surface area contributed by atoms with Crippen molar-refractivity contribution in [2.75, 3.05) is 34.2 Å². The molecule has 3 fully saturated rings. The Bertz CT molecular complexity index is 2180. The van der Waals surface area contributed by atoms with Crippen LogP contribution in [0.2, 0.25) is 0 Å². The lowest BCUT2D eigenvalue weighted by molar-refractivity contribution is -0.169. The minimum absolute atomic E-state index is 0.0337. The predicted octanol–water partition coefficient (Wildman–Crippen LogP) is 3.73. The molecule has 1 aromatic carbocycles. The fourth-order valence-electron chi connectivity index (χ4n) is 9.79. The Hall–Kier alpha value is -5.99. The normalized spacial score (nSPS) is 28.7. The van der Waals surface area contributed by atoms with E-state index >= 15 is 0 Å². The number of carbonyl (C=O) groups excluding carboxylic acids is 9. The summed E-state index contributed by atoms with van der Waals surface area (Å²) in [6, 6.07) is 1.22. The number of ether oxygens (including phenoxy) is 2. The van der Waals surface area contributed by atoms with E-state index in [4.69, 9.17) is 15.9 Å². The number of amides is 7. The maximum absolute atomic E-state index is 14.8. The van der Waals surface area contributed by atoms with Gasteiger partial charge in [0.25, 0.3) is 5.91 Å². The van der Waals surface area contributed by atoms with E-state index in [1.807, 2.05) is 13.0 Å². The molecule has 3 saturated heterocycles. The summed E-state index contributed by atoms with van der Waals surface area (Å²) in [6.07, 6.45) is 5.97. The Balaban J connectivity index is 1.83. The lowest BCUT2D eigenvalue weighted by Crippen LogP contribution is -2.60. The second-order valence-corrected chi connectivity index (χ2v) is 21.2. The summed E-state index contributed by atoms with van der Waals surface area (Å²) in [6.45, 7) is 17.2. The number of fused-ring (bicyclic) bond motifs is 2. The van der Waals surface area contributed by atoms with Crippen LogP contribution in [-0.4, -0.2) is 167 Å². The van der Waals surface area contributed by atoms with E-state index in [0.29, 0.717) is 50.5 Å². The van der Waals surface area contributed by atoms with Crippen molar-refractivity contribution in [2.24, 2.45) is 23.2 Å². The molecule has 1 aromatic rings. The van der Waals surface area contributed by atoms with Crippen molar-refractivity contribution in [1.82, 2.24) is 35.1 Å². The minimum Gasteiger partial charge on any atom is -0.460 e. The molecular formula is C54H81N7O11. The molecule has 0 aliphatic carbocycles. The Morgan fingerprint density at radius 1 is 0.694 bits per heavy atom. The van der Waals surface area contributed by atoms with Crippen LogP contribution in [0.3, 0.4) is 0 Å². The molecule has 18 heteroatoms. The Morgan fingerprint density at radius 3 is 1.81 bits per heavy atom. The fourth-order valence-corrected chi connectivity index (χ4v) is 9.79. The van der Waals surface area contributed by atoms with E-state index in [-0.39, 0.29) is 25.9 Å². The second kappa shape index (κ2) is 25.6. The van der Waals surface area contributed by atoms with Crippen molar-refractivity contribution in [3.63, 3.8) is 0 Å². The van der Waals surface area contributed by atoms with Gasteiger partial charge in [-0.25, -0.2) is 9.59 Å². The van der Waals surface area contributed by atoms with Gasteiger partial charge in [0.15, 0.2) is 6.10 Å². The average molecular weight is 1000 g/mol. The summed E-state index contributed by atoms with van der Waals surface area (Å²) in [5, 5.41) is 5.76. The van der Waals surface area contributed by atoms with E-state index in [2.05, 4.69) is 16.6 Å². The van der Waals surface area contributed by atoms with Crippen LogP contribution in [0, 0.1) is 35.5 Å². The van der Waals surface area contributed by atoms with Gasteiger partial charge in [-0.2, -0.15) is 0 Å². The number of hydrogen-bond donors (Lipinski definition) is 2. The zero-order chi connectivity index (χ0) is 53.9. The highest BCUT2D eigenvalue weighted by Crippen LogP contribution is 2.31. The van der Waals surface area contributed by atoms with Gasteiger partial charge in [-0.1, -0.05) is 78.3 Å². The van der Waals surface area contributed by atoms with Crippen molar-refractivity contribution >= 4 is 53.3 Å². The quantitative estimate of drug-likeness (QED) is 0.207. The highest BCUT2D eigenvalue weighted by molar-refractivity contribution is 5.97. The average Bonchev–Trinajstić information content (AvgIpc) is 4.06. The molecule has 72 heavy (non-hydrogen) atoms. The number of unbranched alkanes of at least 4 members (excludes halogenated alkanes) is 1. The van der Waals surface area contributed by atoms with Crippen molar-refractivity contribution in [2.45, 2.75) is 182 Å². The first-order valence-electron chi connectivity index (χ1n) is 25.7. The molecule has 2 N–H and O–H groups in total. The van der Waals surface area contributed by atoms with E-state index in [0.717, 1.165) is 0 Å². The van der Waals surface area contributed by atoms with Crippen molar-refractivity contribution < 1.29 is 52.6 Å². The summed E-state index contributed by atoms with van der Waals surface area (Å²) in [5.74, 6) is -4.54. The largest absolute Gasteiger partial charge is 0.460 e. The molecule has 10 atom stereocenters. The predicted molar refractivity (Wildman–Crippen MR) is 270 cm³/mol. The van der Waals surface area contributed by atoms with Gasteiger partial charge in [0, 0.05) is 47.1 Å². The number of terminal acetylenes is 1. The van der Waals surface area contributed by atoms with Gasteiger partial charge in [-0.3, -0.25) is 33.6 Å². The lowest BCUT2D eigenvalue weighted by Gasteiger charge is -2.38. The third-order valence-electron chi connectivity index (χ3n) is 15.1. The van der Waals surface area contributed by atoms with E-state index in [1.165, 1.54) is 59.5 Å². The molecule has 10 unspecified atom stereocenters. The number of nitrogens with zero attached hydrogens (tertiary/aromatic N) is 5. The van der Waals surface area contributed by atoms with Gasteiger partial charge in [0.2, 0.25) is 35.4 Å². The zero-order valence-electron chi connectivity index (χ0n) is 44.9. The molecular weight excluding hydrogens is 923 g/mol. The standard InChI is InChI=1S/C54H81N7O11/c1-15-17-19-28-41-54(10,11)53(70)56-43(34(7)16-2)50(67)58(13)35(8)46(63)57(12)36(9)47(64)59(14)44(33(5)6)52(69)71-40(31-37-24-20-18-21-25-37)49(66)61-30-23-27-39(61)48(65)60-29-22-26-38(60)45(62)55-42(32(3)4)51(68)72-41/h1,18,20-21,24-25,32-36,38-44H,16-17,19,22-23,26-31H2,2-14H3,(H,55,62)(H,56,70). The van der Waals surface area contributed by atoms with Crippen LogP contribution >= 0.6 is 0 Å². The van der Waals surface area contributed by atoms with E-state index < -0.39 is 131 Å². The summed E-state index contributed by atoms with van der Waals surface area (Å²) in [4.78, 5) is 136. The van der Waals surface area contributed by atoms with Gasteiger partial charge in [0.1, 0.15) is 48.4 Å². The topological polar surface area (TPSA) is 212 Å². The lowest BCUT2D eigenvalue weighted by atomic mass is 9.81. The molecule has 18 nitrogen and oxygen atoms in total. The smallest absolute Gasteiger partial charge is 0.329 e. The number of rotatable bonds is 9. The van der Waals surface area contributed by atoms with Gasteiger partial charge in [-0.15, -0.1) is 12.3 Å². The molecule has 0 bridgehead atoms. The number of benzene rings is 1. The zero-order valence-corrected chi connectivity index (χ0v) is 44.9. The number of esters is 2. The maximum Gasteiger partial charge on any atom is 0.329 e. The van der Waals surface area contributed by atoms with Crippen molar-refractivity contribution in [3.8, 4) is 12.3 Å². The molecule has 3 aliphatic rings. The number of likely N-dealkylation sites (N-methyl/N-ethyl adjacent to an activating group) is 3. The Kier molecular flexibility index (Phi) is 20.8. The first-order chi connectivity index (χ1) is 33.8. The van der Waals surface area contributed by atoms with Crippen LogP contribution in [-0.2, 0) is 59.0 Å². The Morgan fingerprint density at radius 2 is 1.25 bits per heavy atom. The number of carbonyl (C=O) groups is 9. The summed E-state index contributed by atoms with van der Waals surface area (Å²) >= 11 is 0. The molecule has 0 radical (unpaired) electrons. The molecule has 0 aromatic heterocycles. The first-order valence-corrected chi connectivity index (χ1v) is 25.7. The molecule has 7 amide bonds. The Labute approximate surface area is 427 Å². The highest BCUT2D eigenvalue weighted by atomic mass is 16.6. The molecule has 4 rings (SSSR count). The van der Waals surface area contributed by atoms with Crippen LogP contribution in [0.25, 0.3) is 0 Å². The molecule has 0 spiro atoms. The monoisotopic (exact) mass is 1000 g/mol. The first kappa shape index (κ1) is 58.6. The van der Waals surface area contributed by atoms with E-state index in [1.54, 1.807) is 72.7 Å². The number of hydrogen-bond acceptors (Lipinski definition) is 11. The SMILES string of the molecule is C#CCCCC1OC(=O)C(C(C)C)NC(=O)C2CCCN2C(=O)C2CCCN2C(=O)C(Cc2ccccc2)OC(=O)C(C(C)C)N(C)C(=O)C(C)N(C)C(=O)C(C)N(C)C(=O)C(C(C)CC)NC(=O)C1(C)C. The third-order valence-corrected chi connectivity index (χ3v) is 15.1. The fraction of sp³-hybridized carbons (Fsp3) is 0.685. The van der Waals surface area contributed by atoms with Crippen LogP contribution in [0.4, 0.5) is 0 Å². The number of cyclic esters (lactones) is 2. The summed E-state index contributed by atoms with van der Waals surface area (Å²) in [5.41, 5.74) is -0.769. The highest BCUT2D eigenvalue weighted by Gasteiger charge is 2.48. The minimum atomic E-state index is -1.45. The number of nitrogens with one attached hydrogen (secondary N) is 2. The summed E-state index contributed by atoms with van der Waals surface area (Å²) < 4.78 is 12.3. The van der Waals surface area contributed by atoms with Gasteiger partial charge >= 0.3 is 11.9 Å². The van der Waals surface area contributed by atoms with Gasteiger partial charge < -0.3 is 44.6 Å².